The number of hydrogen-bond acceptors (Lipinski definition) is 4. The van der Waals surface area contributed by atoms with Crippen LogP contribution in [0.1, 0.15) is 32.6 Å². The molecular formula is C12H17IO4. The molecule has 4 nitrogen and oxygen atoms in total. The first kappa shape index (κ1) is 14.6. The van der Waals surface area contributed by atoms with Crippen molar-refractivity contribution in [3.63, 3.8) is 0 Å². The second kappa shape index (κ2) is 7.10. The number of carbonyl (C=O) groups excluding carboxylic acids is 2. The molecule has 0 N–H and O–H groups in total. The Morgan fingerprint density at radius 2 is 2.24 bits per heavy atom. The lowest BCUT2D eigenvalue weighted by Crippen LogP contribution is -2.15. The smallest absolute Gasteiger partial charge is 0.313 e. The summed E-state index contributed by atoms with van der Waals surface area (Å²) < 4.78 is 11.3. The van der Waals surface area contributed by atoms with Gasteiger partial charge in [-0.15, -0.1) is 0 Å². The lowest BCUT2D eigenvalue weighted by molar-refractivity contribution is -0.158. The molecule has 0 aromatic carbocycles. The monoisotopic (exact) mass is 352 g/mol. The molecule has 0 bridgehead atoms. The zero-order valence-electron chi connectivity index (χ0n) is 9.91. The molecule has 1 aliphatic rings. The van der Waals surface area contributed by atoms with Crippen molar-refractivity contribution in [2.24, 2.45) is 0 Å². The van der Waals surface area contributed by atoms with E-state index in [1.165, 1.54) is 6.92 Å². The van der Waals surface area contributed by atoms with Crippen LogP contribution in [-0.2, 0) is 19.1 Å². The molecule has 1 fully saturated rings. The van der Waals surface area contributed by atoms with E-state index >= 15 is 0 Å². The molecule has 0 aliphatic carbocycles. The van der Waals surface area contributed by atoms with Gasteiger partial charge in [0.05, 0.1) is 12.2 Å². The molecule has 5 heteroatoms. The van der Waals surface area contributed by atoms with Gasteiger partial charge in [-0.2, -0.15) is 0 Å². The van der Waals surface area contributed by atoms with Crippen LogP contribution >= 0.6 is 22.6 Å². The van der Waals surface area contributed by atoms with Crippen molar-refractivity contribution in [2.45, 2.75) is 44.8 Å². The summed E-state index contributed by atoms with van der Waals surface area (Å²) in [6.45, 7) is 5.21. The maximum atomic E-state index is 11.2. The molecule has 1 rings (SSSR count). The Hall–Kier alpha value is -0.430. The van der Waals surface area contributed by atoms with Crippen molar-refractivity contribution in [3.05, 3.63) is 12.2 Å². The van der Waals surface area contributed by atoms with Gasteiger partial charge in [0.2, 0.25) is 0 Å². The SMILES string of the molecule is C=C1CC(CCC(=O)OC(C)=O)OC1CCI. The molecule has 96 valence electrons. The second-order valence-electron chi connectivity index (χ2n) is 4.09. The molecular weight excluding hydrogens is 335 g/mol. The van der Waals surface area contributed by atoms with Crippen LogP contribution in [0.5, 0.6) is 0 Å². The number of alkyl halides is 1. The Bertz CT molecular complexity index is 314. The average Bonchev–Trinajstić information content (AvgIpc) is 2.57. The molecule has 1 saturated heterocycles. The topological polar surface area (TPSA) is 52.6 Å². The van der Waals surface area contributed by atoms with E-state index in [2.05, 4.69) is 33.9 Å². The summed E-state index contributed by atoms with van der Waals surface area (Å²) in [6.07, 6.45) is 2.73. The van der Waals surface area contributed by atoms with Crippen LogP contribution in [0.2, 0.25) is 0 Å². The predicted molar refractivity (Wildman–Crippen MR) is 71.9 cm³/mol. The highest BCUT2D eigenvalue weighted by Crippen LogP contribution is 2.29. The molecule has 17 heavy (non-hydrogen) atoms. The van der Waals surface area contributed by atoms with E-state index in [9.17, 15) is 9.59 Å². The van der Waals surface area contributed by atoms with Crippen LogP contribution in [-0.4, -0.2) is 28.6 Å². The van der Waals surface area contributed by atoms with Gasteiger partial charge < -0.3 is 9.47 Å². The second-order valence-corrected chi connectivity index (χ2v) is 5.17. The van der Waals surface area contributed by atoms with Crippen LogP contribution in [0, 0.1) is 0 Å². The van der Waals surface area contributed by atoms with Gasteiger partial charge in [-0.05, 0) is 24.8 Å². The van der Waals surface area contributed by atoms with Crippen molar-refractivity contribution in [1.82, 2.24) is 0 Å². The standard InChI is InChI=1S/C12H17IO4/c1-8-7-10(17-11(8)5-6-13)3-4-12(15)16-9(2)14/h10-11H,1,3-7H2,2H3. The Morgan fingerprint density at radius 3 is 2.82 bits per heavy atom. The molecule has 2 atom stereocenters. The molecule has 0 spiro atoms. The van der Waals surface area contributed by atoms with Crippen LogP contribution in [0.25, 0.3) is 0 Å². The average molecular weight is 352 g/mol. The Kier molecular flexibility index (Phi) is 6.11. The summed E-state index contributed by atoms with van der Waals surface area (Å²) in [5.41, 5.74) is 1.10. The highest BCUT2D eigenvalue weighted by atomic mass is 127. The van der Waals surface area contributed by atoms with Gasteiger partial charge in [0.1, 0.15) is 0 Å². The lowest BCUT2D eigenvalue weighted by atomic mass is 10.1. The minimum atomic E-state index is -0.561. The van der Waals surface area contributed by atoms with Crippen molar-refractivity contribution in [3.8, 4) is 0 Å². The number of esters is 2. The molecule has 0 aromatic heterocycles. The summed E-state index contributed by atoms with van der Waals surface area (Å²) in [5.74, 6) is -1.04. The molecule has 0 amide bonds. The minimum Gasteiger partial charge on any atom is -0.393 e. The number of carbonyl (C=O) groups is 2. The molecule has 0 radical (unpaired) electrons. The number of hydrogen-bond donors (Lipinski definition) is 0. The van der Waals surface area contributed by atoms with Crippen molar-refractivity contribution in [1.29, 1.82) is 0 Å². The number of ether oxygens (including phenoxy) is 2. The van der Waals surface area contributed by atoms with Crippen molar-refractivity contribution >= 4 is 34.5 Å². The van der Waals surface area contributed by atoms with Gasteiger partial charge in [0, 0.05) is 17.8 Å². The van der Waals surface area contributed by atoms with Crippen LogP contribution < -0.4 is 0 Å². The third-order valence-corrected chi connectivity index (χ3v) is 3.22. The van der Waals surface area contributed by atoms with Gasteiger partial charge in [-0.25, -0.2) is 0 Å². The van der Waals surface area contributed by atoms with Crippen molar-refractivity contribution < 1.29 is 19.1 Å². The third-order valence-electron chi connectivity index (χ3n) is 2.60. The molecule has 0 saturated carbocycles. The van der Waals surface area contributed by atoms with Crippen LogP contribution in [0.3, 0.4) is 0 Å². The van der Waals surface area contributed by atoms with E-state index in [0.717, 1.165) is 22.8 Å². The Morgan fingerprint density at radius 1 is 1.53 bits per heavy atom. The number of rotatable bonds is 5. The fourth-order valence-electron chi connectivity index (χ4n) is 1.83. The van der Waals surface area contributed by atoms with E-state index in [0.29, 0.717) is 6.42 Å². The number of halogens is 1. The normalized spacial score (nSPS) is 23.8. The first-order valence-corrected chi connectivity index (χ1v) is 7.15. The third kappa shape index (κ3) is 5.16. The first-order valence-electron chi connectivity index (χ1n) is 5.63. The van der Waals surface area contributed by atoms with Gasteiger partial charge in [-0.3, -0.25) is 9.59 Å². The van der Waals surface area contributed by atoms with E-state index in [1.807, 2.05) is 0 Å². The van der Waals surface area contributed by atoms with E-state index < -0.39 is 11.9 Å². The summed E-state index contributed by atoms with van der Waals surface area (Å²) >= 11 is 2.31. The van der Waals surface area contributed by atoms with Crippen LogP contribution in [0.4, 0.5) is 0 Å². The quantitative estimate of drug-likeness (QED) is 0.251. The fourth-order valence-corrected chi connectivity index (χ4v) is 2.40. The molecule has 1 heterocycles. The summed E-state index contributed by atoms with van der Waals surface area (Å²) in [4.78, 5) is 21.7. The Balaban J connectivity index is 2.28. The van der Waals surface area contributed by atoms with Gasteiger partial charge in [0.25, 0.3) is 0 Å². The predicted octanol–water partition coefficient (Wildman–Crippen LogP) is 2.40. The van der Waals surface area contributed by atoms with Crippen LogP contribution in [0.15, 0.2) is 12.2 Å². The van der Waals surface area contributed by atoms with Gasteiger partial charge in [-0.1, -0.05) is 29.2 Å². The summed E-state index contributed by atoms with van der Waals surface area (Å²) in [5, 5.41) is 0. The van der Waals surface area contributed by atoms with E-state index in [1.54, 1.807) is 0 Å². The largest absolute Gasteiger partial charge is 0.393 e. The minimum absolute atomic E-state index is 0.0370. The zero-order chi connectivity index (χ0) is 12.8. The fraction of sp³-hybridized carbons (Fsp3) is 0.667. The van der Waals surface area contributed by atoms with Gasteiger partial charge >= 0.3 is 11.9 Å². The summed E-state index contributed by atoms with van der Waals surface area (Å²) in [6, 6.07) is 0. The maximum Gasteiger partial charge on any atom is 0.313 e. The van der Waals surface area contributed by atoms with E-state index in [-0.39, 0.29) is 18.6 Å². The Labute approximate surface area is 115 Å². The molecule has 2 unspecified atom stereocenters. The highest BCUT2D eigenvalue weighted by molar-refractivity contribution is 14.1. The van der Waals surface area contributed by atoms with E-state index in [4.69, 9.17) is 4.74 Å². The van der Waals surface area contributed by atoms with Gasteiger partial charge in [0.15, 0.2) is 0 Å². The lowest BCUT2D eigenvalue weighted by Gasteiger charge is -2.11. The first-order chi connectivity index (χ1) is 8.02. The zero-order valence-corrected chi connectivity index (χ0v) is 12.1. The molecule has 1 aliphatic heterocycles. The highest BCUT2D eigenvalue weighted by Gasteiger charge is 2.28. The maximum absolute atomic E-state index is 11.2. The molecule has 0 aromatic rings. The van der Waals surface area contributed by atoms with Crippen molar-refractivity contribution in [2.75, 3.05) is 4.43 Å². The summed E-state index contributed by atoms with van der Waals surface area (Å²) in [7, 11) is 0.